The van der Waals surface area contributed by atoms with Gasteiger partial charge in [0, 0.05) is 18.3 Å². The smallest absolute Gasteiger partial charge is 0.120 e. The standard InChI is InChI=1S/C17H21NO/c1-12-8-14(3)15(9-13(12)2)11-18-16-6-5-7-17(10-16)19-4/h5-10,18H,11H2,1-4H3. The van der Waals surface area contributed by atoms with Crippen LogP contribution in [0, 0.1) is 20.8 Å². The predicted octanol–water partition coefficient (Wildman–Crippen LogP) is 4.23. The van der Waals surface area contributed by atoms with Crippen LogP contribution in [-0.2, 0) is 6.54 Å². The molecule has 0 atom stereocenters. The molecule has 100 valence electrons. The molecular weight excluding hydrogens is 234 g/mol. The fourth-order valence-electron chi connectivity index (χ4n) is 2.14. The number of nitrogens with one attached hydrogen (secondary N) is 1. The Bertz CT molecular complexity index is 575. The van der Waals surface area contributed by atoms with Crippen LogP contribution in [0.3, 0.4) is 0 Å². The lowest BCUT2D eigenvalue weighted by atomic mass is 10.0. The molecule has 1 N–H and O–H groups in total. The van der Waals surface area contributed by atoms with Crippen LogP contribution in [-0.4, -0.2) is 7.11 Å². The lowest BCUT2D eigenvalue weighted by Gasteiger charge is -2.12. The van der Waals surface area contributed by atoms with E-state index in [1.54, 1.807) is 7.11 Å². The van der Waals surface area contributed by atoms with E-state index in [0.717, 1.165) is 18.0 Å². The first-order valence-corrected chi connectivity index (χ1v) is 6.55. The van der Waals surface area contributed by atoms with Crippen molar-refractivity contribution in [3.05, 3.63) is 58.7 Å². The van der Waals surface area contributed by atoms with Gasteiger partial charge in [-0.3, -0.25) is 0 Å². The highest BCUT2D eigenvalue weighted by atomic mass is 16.5. The molecule has 19 heavy (non-hydrogen) atoms. The molecule has 2 aromatic carbocycles. The van der Waals surface area contributed by atoms with E-state index >= 15 is 0 Å². The lowest BCUT2D eigenvalue weighted by molar-refractivity contribution is 0.415. The third-order valence-electron chi connectivity index (χ3n) is 3.50. The topological polar surface area (TPSA) is 21.3 Å². The monoisotopic (exact) mass is 255 g/mol. The first-order valence-electron chi connectivity index (χ1n) is 6.55. The third-order valence-corrected chi connectivity index (χ3v) is 3.50. The van der Waals surface area contributed by atoms with Crippen LogP contribution >= 0.6 is 0 Å². The molecule has 0 saturated heterocycles. The van der Waals surface area contributed by atoms with Gasteiger partial charge in [-0.1, -0.05) is 18.2 Å². The summed E-state index contributed by atoms with van der Waals surface area (Å²) in [6.45, 7) is 7.31. The highest BCUT2D eigenvalue weighted by molar-refractivity contribution is 5.49. The summed E-state index contributed by atoms with van der Waals surface area (Å²) in [6, 6.07) is 12.5. The molecule has 0 bridgehead atoms. The van der Waals surface area contributed by atoms with Gasteiger partial charge in [0.2, 0.25) is 0 Å². The van der Waals surface area contributed by atoms with Crippen LogP contribution in [0.15, 0.2) is 36.4 Å². The van der Waals surface area contributed by atoms with E-state index in [4.69, 9.17) is 4.74 Å². The SMILES string of the molecule is COc1cccc(NCc2cc(C)c(C)cc2C)c1. The van der Waals surface area contributed by atoms with E-state index in [0.29, 0.717) is 0 Å². The van der Waals surface area contributed by atoms with E-state index in [1.165, 1.54) is 22.3 Å². The van der Waals surface area contributed by atoms with Crippen molar-refractivity contribution in [2.45, 2.75) is 27.3 Å². The summed E-state index contributed by atoms with van der Waals surface area (Å²) in [6.07, 6.45) is 0. The molecule has 2 aromatic rings. The Morgan fingerprint density at radius 2 is 1.68 bits per heavy atom. The molecular formula is C17H21NO. The zero-order valence-corrected chi connectivity index (χ0v) is 12.1. The summed E-state index contributed by atoms with van der Waals surface area (Å²) in [5.41, 5.74) is 6.44. The molecule has 0 aromatic heterocycles. The van der Waals surface area contributed by atoms with Gasteiger partial charge in [-0.25, -0.2) is 0 Å². The number of methoxy groups -OCH3 is 1. The van der Waals surface area contributed by atoms with Gasteiger partial charge in [-0.2, -0.15) is 0 Å². The Labute approximate surface area is 115 Å². The summed E-state index contributed by atoms with van der Waals surface area (Å²) >= 11 is 0. The Balaban J connectivity index is 2.12. The molecule has 0 aliphatic rings. The number of anilines is 1. The number of benzene rings is 2. The quantitative estimate of drug-likeness (QED) is 0.882. The maximum atomic E-state index is 5.23. The van der Waals surface area contributed by atoms with Gasteiger partial charge < -0.3 is 10.1 Å². The van der Waals surface area contributed by atoms with Crippen molar-refractivity contribution in [1.82, 2.24) is 0 Å². The van der Waals surface area contributed by atoms with Gasteiger partial charge in [-0.15, -0.1) is 0 Å². The van der Waals surface area contributed by atoms with Crippen LogP contribution in [0.4, 0.5) is 5.69 Å². The molecule has 0 spiro atoms. The van der Waals surface area contributed by atoms with Crippen molar-refractivity contribution in [2.24, 2.45) is 0 Å². The molecule has 0 heterocycles. The average Bonchev–Trinajstić information content (AvgIpc) is 2.41. The Morgan fingerprint density at radius 1 is 0.947 bits per heavy atom. The summed E-state index contributed by atoms with van der Waals surface area (Å²) in [5.74, 6) is 0.877. The van der Waals surface area contributed by atoms with Crippen LogP contribution in [0.5, 0.6) is 5.75 Å². The van der Waals surface area contributed by atoms with E-state index in [-0.39, 0.29) is 0 Å². The second-order valence-corrected chi connectivity index (χ2v) is 4.95. The maximum absolute atomic E-state index is 5.23. The third kappa shape index (κ3) is 3.28. The van der Waals surface area contributed by atoms with Crippen LogP contribution < -0.4 is 10.1 Å². The van der Waals surface area contributed by atoms with Crippen LogP contribution in [0.25, 0.3) is 0 Å². The maximum Gasteiger partial charge on any atom is 0.120 e. The minimum Gasteiger partial charge on any atom is -0.497 e. The molecule has 0 aliphatic carbocycles. The molecule has 0 unspecified atom stereocenters. The average molecular weight is 255 g/mol. The number of ether oxygens (including phenoxy) is 1. The van der Waals surface area contributed by atoms with Gasteiger partial charge in [0.25, 0.3) is 0 Å². The van der Waals surface area contributed by atoms with Crippen molar-refractivity contribution >= 4 is 5.69 Å². The molecule has 2 nitrogen and oxygen atoms in total. The van der Waals surface area contributed by atoms with Gasteiger partial charge in [-0.05, 0) is 55.2 Å². The first kappa shape index (κ1) is 13.5. The Morgan fingerprint density at radius 3 is 2.42 bits per heavy atom. The molecule has 0 radical (unpaired) electrons. The van der Waals surface area contributed by atoms with Gasteiger partial charge in [0.1, 0.15) is 5.75 Å². The summed E-state index contributed by atoms with van der Waals surface area (Å²) in [5, 5.41) is 3.44. The fourth-order valence-corrected chi connectivity index (χ4v) is 2.14. The van der Waals surface area contributed by atoms with E-state index in [2.05, 4.69) is 44.3 Å². The molecule has 0 saturated carbocycles. The number of hydrogen-bond donors (Lipinski definition) is 1. The van der Waals surface area contributed by atoms with Crippen LogP contribution in [0.1, 0.15) is 22.3 Å². The van der Waals surface area contributed by atoms with E-state index < -0.39 is 0 Å². The van der Waals surface area contributed by atoms with Crippen molar-refractivity contribution in [2.75, 3.05) is 12.4 Å². The highest BCUT2D eigenvalue weighted by Crippen LogP contribution is 2.20. The zero-order valence-electron chi connectivity index (χ0n) is 12.1. The molecule has 2 rings (SSSR count). The molecule has 2 heteroatoms. The summed E-state index contributed by atoms with van der Waals surface area (Å²) < 4.78 is 5.23. The lowest BCUT2D eigenvalue weighted by Crippen LogP contribution is -2.02. The first-order chi connectivity index (χ1) is 9.10. The van der Waals surface area contributed by atoms with Crippen LogP contribution in [0.2, 0.25) is 0 Å². The summed E-state index contributed by atoms with van der Waals surface area (Å²) in [7, 11) is 1.69. The van der Waals surface area contributed by atoms with Gasteiger partial charge >= 0.3 is 0 Å². The normalized spacial score (nSPS) is 10.3. The number of aryl methyl sites for hydroxylation is 3. The van der Waals surface area contributed by atoms with Gasteiger partial charge in [0.05, 0.1) is 7.11 Å². The Hall–Kier alpha value is -1.96. The largest absolute Gasteiger partial charge is 0.497 e. The predicted molar refractivity (Wildman–Crippen MR) is 81.0 cm³/mol. The number of rotatable bonds is 4. The number of hydrogen-bond acceptors (Lipinski definition) is 2. The second kappa shape index (κ2) is 5.79. The molecule has 0 fully saturated rings. The highest BCUT2D eigenvalue weighted by Gasteiger charge is 2.02. The minimum atomic E-state index is 0.833. The molecule has 0 aliphatic heterocycles. The van der Waals surface area contributed by atoms with E-state index in [9.17, 15) is 0 Å². The zero-order chi connectivity index (χ0) is 13.8. The fraction of sp³-hybridized carbons (Fsp3) is 0.294. The van der Waals surface area contributed by atoms with Crippen molar-refractivity contribution in [1.29, 1.82) is 0 Å². The summed E-state index contributed by atoms with van der Waals surface area (Å²) in [4.78, 5) is 0. The van der Waals surface area contributed by atoms with Crippen molar-refractivity contribution in [3.63, 3.8) is 0 Å². The van der Waals surface area contributed by atoms with E-state index in [1.807, 2.05) is 18.2 Å². The van der Waals surface area contributed by atoms with Crippen molar-refractivity contribution < 1.29 is 4.74 Å². The van der Waals surface area contributed by atoms with Gasteiger partial charge in [0.15, 0.2) is 0 Å². The Kier molecular flexibility index (Phi) is 4.10. The minimum absolute atomic E-state index is 0.833. The molecule has 0 amide bonds. The van der Waals surface area contributed by atoms with Crippen molar-refractivity contribution in [3.8, 4) is 5.75 Å². The second-order valence-electron chi connectivity index (χ2n) is 4.95.